The first kappa shape index (κ1) is 14.3. The van der Waals surface area contributed by atoms with Gasteiger partial charge in [-0.25, -0.2) is 4.39 Å². The molecule has 1 fully saturated rings. The fraction of sp³-hybridized carbons (Fsp3) is 0.500. The molecule has 1 atom stereocenters. The summed E-state index contributed by atoms with van der Waals surface area (Å²) in [5, 5.41) is 3.58. The van der Waals surface area contributed by atoms with Crippen LogP contribution in [0.25, 0.3) is 0 Å². The first-order chi connectivity index (χ1) is 9.08. The molecular formula is C14H18ClFN2O. The van der Waals surface area contributed by atoms with Crippen molar-refractivity contribution in [2.75, 3.05) is 13.6 Å². The molecule has 0 bridgehead atoms. The number of amides is 1. The van der Waals surface area contributed by atoms with Crippen molar-refractivity contribution < 1.29 is 9.18 Å². The van der Waals surface area contributed by atoms with Crippen molar-refractivity contribution in [2.45, 2.75) is 31.8 Å². The molecule has 1 saturated heterocycles. The number of nitrogens with one attached hydrogen (secondary N) is 1. The van der Waals surface area contributed by atoms with Gasteiger partial charge < -0.3 is 10.2 Å². The molecule has 1 aliphatic heterocycles. The molecule has 1 N–H and O–H groups in total. The number of carbonyl (C=O) groups is 1. The number of likely N-dealkylation sites (N-methyl/N-ethyl adjacent to an activating group) is 1. The molecule has 0 radical (unpaired) electrons. The number of hydrogen-bond acceptors (Lipinski definition) is 2. The molecule has 3 nitrogen and oxygen atoms in total. The van der Waals surface area contributed by atoms with Crippen LogP contribution in [0.4, 0.5) is 4.39 Å². The van der Waals surface area contributed by atoms with E-state index in [9.17, 15) is 9.18 Å². The highest BCUT2D eigenvalue weighted by Gasteiger charge is 2.23. The van der Waals surface area contributed by atoms with Crippen molar-refractivity contribution in [2.24, 2.45) is 0 Å². The van der Waals surface area contributed by atoms with Gasteiger partial charge in [-0.1, -0.05) is 24.1 Å². The average molecular weight is 285 g/mol. The highest BCUT2D eigenvalue weighted by atomic mass is 35.5. The van der Waals surface area contributed by atoms with Crippen LogP contribution < -0.4 is 5.32 Å². The maximum absolute atomic E-state index is 13.0. The molecule has 19 heavy (non-hydrogen) atoms. The average Bonchev–Trinajstić information content (AvgIpc) is 2.42. The van der Waals surface area contributed by atoms with Crippen molar-refractivity contribution in [1.82, 2.24) is 10.2 Å². The minimum atomic E-state index is -0.364. The highest BCUT2D eigenvalue weighted by Crippen LogP contribution is 2.19. The molecule has 1 aromatic carbocycles. The maximum atomic E-state index is 13.0. The Morgan fingerprint density at radius 3 is 2.95 bits per heavy atom. The predicted molar refractivity (Wildman–Crippen MR) is 73.5 cm³/mol. The first-order valence-electron chi connectivity index (χ1n) is 6.50. The number of nitrogens with zero attached hydrogens (tertiary/aromatic N) is 1. The van der Waals surface area contributed by atoms with Crippen molar-refractivity contribution in [3.05, 3.63) is 34.6 Å². The quantitative estimate of drug-likeness (QED) is 0.925. The van der Waals surface area contributed by atoms with E-state index in [0.29, 0.717) is 11.6 Å². The van der Waals surface area contributed by atoms with Crippen molar-refractivity contribution in [1.29, 1.82) is 0 Å². The van der Waals surface area contributed by atoms with Gasteiger partial charge in [0, 0.05) is 18.6 Å². The molecule has 0 aliphatic carbocycles. The first-order valence-corrected chi connectivity index (χ1v) is 6.88. The second kappa shape index (κ2) is 6.35. The van der Waals surface area contributed by atoms with Gasteiger partial charge in [-0.15, -0.1) is 0 Å². The van der Waals surface area contributed by atoms with E-state index in [0.717, 1.165) is 31.4 Å². The molecule has 5 heteroatoms. The van der Waals surface area contributed by atoms with Crippen molar-refractivity contribution >= 4 is 17.5 Å². The summed E-state index contributed by atoms with van der Waals surface area (Å²) in [6.45, 7) is 1.29. The van der Waals surface area contributed by atoms with Gasteiger partial charge in [0.15, 0.2) is 0 Å². The van der Waals surface area contributed by atoms with Crippen LogP contribution in [0.1, 0.15) is 24.8 Å². The summed E-state index contributed by atoms with van der Waals surface area (Å²) in [6.07, 6.45) is 3.08. The number of hydrogen-bond donors (Lipinski definition) is 1. The van der Waals surface area contributed by atoms with Crippen LogP contribution in [-0.2, 0) is 11.3 Å². The number of benzene rings is 1. The predicted octanol–water partition coefficient (Wildman–Crippen LogP) is 2.58. The van der Waals surface area contributed by atoms with Gasteiger partial charge >= 0.3 is 0 Å². The van der Waals surface area contributed by atoms with Crippen molar-refractivity contribution in [3.63, 3.8) is 0 Å². The Morgan fingerprint density at radius 2 is 2.32 bits per heavy atom. The molecule has 0 aromatic heterocycles. The maximum Gasteiger partial charge on any atom is 0.239 e. The highest BCUT2D eigenvalue weighted by molar-refractivity contribution is 6.31. The van der Waals surface area contributed by atoms with E-state index in [1.165, 1.54) is 12.1 Å². The Kier molecular flexibility index (Phi) is 4.77. The smallest absolute Gasteiger partial charge is 0.239 e. The second-order valence-electron chi connectivity index (χ2n) is 4.93. The fourth-order valence-corrected chi connectivity index (χ4v) is 2.54. The van der Waals surface area contributed by atoms with E-state index in [4.69, 9.17) is 11.6 Å². The van der Waals surface area contributed by atoms with Crippen molar-refractivity contribution in [3.8, 4) is 0 Å². The van der Waals surface area contributed by atoms with E-state index in [1.54, 1.807) is 18.0 Å². The summed E-state index contributed by atoms with van der Waals surface area (Å²) in [5.41, 5.74) is 0.759. The van der Waals surface area contributed by atoms with Crippen LogP contribution in [0.2, 0.25) is 5.02 Å². The zero-order chi connectivity index (χ0) is 13.8. The zero-order valence-electron chi connectivity index (χ0n) is 11.0. The Labute approximate surface area is 117 Å². The monoisotopic (exact) mass is 284 g/mol. The minimum Gasteiger partial charge on any atom is -0.340 e. The van der Waals surface area contributed by atoms with Crippen LogP contribution in [0, 0.1) is 5.82 Å². The second-order valence-corrected chi connectivity index (χ2v) is 5.34. The van der Waals surface area contributed by atoms with Crippen LogP contribution in [0.3, 0.4) is 0 Å². The molecule has 0 saturated carbocycles. The SMILES string of the molecule is CN(Cc1ccc(F)cc1Cl)C(=O)[C@H]1CCCCN1. The van der Waals surface area contributed by atoms with E-state index in [2.05, 4.69) is 5.32 Å². The van der Waals surface area contributed by atoms with Crippen LogP contribution in [0.5, 0.6) is 0 Å². The van der Waals surface area contributed by atoms with Gasteiger partial charge in [0.05, 0.1) is 6.04 Å². The van der Waals surface area contributed by atoms with E-state index in [-0.39, 0.29) is 17.8 Å². The third-order valence-corrected chi connectivity index (χ3v) is 3.76. The summed E-state index contributed by atoms with van der Waals surface area (Å²) < 4.78 is 13.0. The Hall–Kier alpha value is -1.13. The summed E-state index contributed by atoms with van der Waals surface area (Å²) in [4.78, 5) is 13.9. The van der Waals surface area contributed by atoms with Gasteiger partial charge in [-0.05, 0) is 37.1 Å². The van der Waals surface area contributed by atoms with E-state index < -0.39 is 0 Å². The lowest BCUT2D eigenvalue weighted by Gasteiger charge is -2.27. The number of rotatable bonds is 3. The lowest BCUT2D eigenvalue weighted by molar-refractivity contribution is -0.133. The summed E-state index contributed by atoms with van der Waals surface area (Å²) in [6, 6.07) is 4.15. The molecule has 1 amide bonds. The Balaban J connectivity index is 1.99. The van der Waals surface area contributed by atoms with E-state index >= 15 is 0 Å². The summed E-state index contributed by atoms with van der Waals surface area (Å²) in [7, 11) is 1.75. The molecular weight excluding hydrogens is 267 g/mol. The Bertz CT molecular complexity index is 461. The fourth-order valence-electron chi connectivity index (χ4n) is 2.31. The molecule has 1 aliphatic rings. The number of carbonyl (C=O) groups excluding carboxylic acids is 1. The number of halogens is 2. The van der Waals surface area contributed by atoms with Crippen LogP contribution in [0.15, 0.2) is 18.2 Å². The van der Waals surface area contributed by atoms with Gasteiger partial charge in [0.2, 0.25) is 5.91 Å². The van der Waals surface area contributed by atoms with E-state index in [1.807, 2.05) is 0 Å². The topological polar surface area (TPSA) is 32.3 Å². The third-order valence-electron chi connectivity index (χ3n) is 3.41. The van der Waals surface area contributed by atoms with Crippen LogP contribution >= 0.6 is 11.6 Å². The Morgan fingerprint density at radius 1 is 1.53 bits per heavy atom. The molecule has 1 heterocycles. The van der Waals surface area contributed by atoms with Gasteiger partial charge in [-0.2, -0.15) is 0 Å². The number of piperidine rings is 1. The van der Waals surface area contributed by atoms with Gasteiger partial charge in [-0.3, -0.25) is 4.79 Å². The normalized spacial score (nSPS) is 19.2. The summed E-state index contributed by atoms with van der Waals surface area (Å²) in [5.74, 6) is -0.295. The molecule has 1 aromatic rings. The third kappa shape index (κ3) is 3.67. The molecule has 104 valence electrons. The summed E-state index contributed by atoms with van der Waals surface area (Å²) >= 11 is 5.97. The lowest BCUT2D eigenvalue weighted by Crippen LogP contribution is -2.47. The molecule has 0 unspecified atom stereocenters. The minimum absolute atomic E-state index is 0.0695. The molecule has 2 rings (SSSR count). The van der Waals surface area contributed by atoms with Crippen LogP contribution in [-0.4, -0.2) is 30.4 Å². The van der Waals surface area contributed by atoms with Gasteiger partial charge in [0.1, 0.15) is 5.82 Å². The van der Waals surface area contributed by atoms with Gasteiger partial charge in [0.25, 0.3) is 0 Å². The standard InChI is InChI=1S/C14H18ClFN2O/c1-18(14(19)13-4-2-3-7-17-13)9-10-5-6-11(16)8-12(10)15/h5-6,8,13,17H,2-4,7,9H2,1H3/t13-/m1/s1. The lowest BCUT2D eigenvalue weighted by atomic mass is 10.0. The largest absolute Gasteiger partial charge is 0.340 e. The molecule has 0 spiro atoms. The zero-order valence-corrected chi connectivity index (χ0v) is 11.7.